The molecule has 1 saturated heterocycles. The Hall–Kier alpha value is -1.47. The number of aromatic nitrogens is 1. The Labute approximate surface area is 121 Å². The highest BCUT2D eigenvalue weighted by molar-refractivity contribution is 7.13. The predicted molar refractivity (Wildman–Crippen MR) is 73.8 cm³/mol. The lowest BCUT2D eigenvalue weighted by Gasteiger charge is -2.21. The molecule has 0 saturated carbocycles. The number of nitrogens with zero attached hydrogens (tertiary/aromatic N) is 1. The average molecular weight is 298 g/mol. The molecule has 2 heterocycles. The average Bonchev–Trinajstić information content (AvgIpc) is 2.79. The molecule has 0 radical (unpaired) electrons. The highest BCUT2D eigenvalue weighted by Gasteiger charge is 2.18. The predicted octanol–water partition coefficient (Wildman–Crippen LogP) is 1.58. The lowest BCUT2D eigenvalue weighted by atomic mass is 9.96. The van der Waals surface area contributed by atoms with Crippen molar-refractivity contribution in [3.63, 3.8) is 0 Å². The van der Waals surface area contributed by atoms with E-state index in [1.165, 1.54) is 0 Å². The van der Waals surface area contributed by atoms with Crippen molar-refractivity contribution in [2.45, 2.75) is 32.7 Å². The van der Waals surface area contributed by atoms with E-state index in [-0.39, 0.29) is 10.8 Å². The maximum Gasteiger partial charge on any atom is 0.347 e. The summed E-state index contributed by atoms with van der Waals surface area (Å²) in [5, 5.41) is 12.4. The Morgan fingerprint density at radius 1 is 1.45 bits per heavy atom. The fraction of sp³-hybridized carbons (Fsp3) is 0.615. The Bertz CT molecular complexity index is 495. The molecule has 1 aliphatic heterocycles. The number of hydrogen-bond acceptors (Lipinski definition) is 5. The zero-order chi connectivity index (χ0) is 14.5. The van der Waals surface area contributed by atoms with Gasteiger partial charge in [-0.3, -0.25) is 4.79 Å². The van der Waals surface area contributed by atoms with Gasteiger partial charge in [0, 0.05) is 19.6 Å². The molecule has 1 aromatic rings. The summed E-state index contributed by atoms with van der Waals surface area (Å²) < 4.78 is 5.25. The Morgan fingerprint density at radius 3 is 2.75 bits per heavy atom. The highest BCUT2D eigenvalue weighted by atomic mass is 32.1. The maximum atomic E-state index is 11.8. The van der Waals surface area contributed by atoms with E-state index >= 15 is 0 Å². The second-order valence-electron chi connectivity index (χ2n) is 4.86. The van der Waals surface area contributed by atoms with Crippen molar-refractivity contribution in [2.75, 3.05) is 13.2 Å². The molecule has 0 spiro atoms. The van der Waals surface area contributed by atoms with E-state index < -0.39 is 5.97 Å². The van der Waals surface area contributed by atoms with Gasteiger partial charge < -0.3 is 15.2 Å². The summed E-state index contributed by atoms with van der Waals surface area (Å²) >= 11 is 1.11. The van der Waals surface area contributed by atoms with Crippen LogP contribution in [-0.4, -0.2) is 35.2 Å². The van der Waals surface area contributed by atoms with E-state index in [4.69, 9.17) is 9.84 Å². The molecular formula is C13H18N2O4S. The number of carboxylic acid groups (broad SMARTS) is 1. The third kappa shape index (κ3) is 4.01. The van der Waals surface area contributed by atoms with Crippen LogP contribution in [0.5, 0.6) is 0 Å². The van der Waals surface area contributed by atoms with Crippen molar-refractivity contribution in [2.24, 2.45) is 5.92 Å². The largest absolute Gasteiger partial charge is 0.477 e. The minimum Gasteiger partial charge on any atom is -0.477 e. The Balaban J connectivity index is 1.80. The van der Waals surface area contributed by atoms with Crippen LogP contribution in [0.2, 0.25) is 0 Å². The SMILES string of the molecule is Cc1nc(CNC(=O)CC2CCOCC2)sc1C(=O)O. The third-order valence-corrected chi connectivity index (χ3v) is 4.43. The number of thiazole rings is 1. The summed E-state index contributed by atoms with van der Waals surface area (Å²) in [6.45, 7) is 3.41. The second kappa shape index (κ2) is 6.81. The summed E-state index contributed by atoms with van der Waals surface area (Å²) in [7, 11) is 0. The third-order valence-electron chi connectivity index (χ3n) is 3.29. The molecule has 0 unspecified atom stereocenters. The van der Waals surface area contributed by atoms with Crippen LogP contribution in [0.15, 0.2) is 0 Å². The number of carbonyl (C=O) groups excluding carboxylic acids is 1. The molecule has 1 aromatic heterocycles. The first-order valence-electron chi connectivity index (χ1n) is 6.60. The van der Waals surface area contributed by atoms with Gasteiger partial charge >= 0.3 is 5.97 Å². The number of amides is 1. The quantitative estimate of drug-likeness (QED) is 0.861. The molecular weight excluding hydrogens is 280 g/mol. The number of hydrogen-bond donors (Lipinski definition) is 2. The first kappa shape index (κ1) is 14.9. The van der Waals surface area contributed by atoms with Crippen LogP contribution in [0.25, 0.3) is 0 Å². The van der Waals surface area contributed by atoms with Crippen molar-refractivity contribution in [1.82, 2.24) is 10.3 Å². The normalized spacial score (nSPS) is 16.1. The van der Waals surface area contributed by atoms with Crippen molar-refractivity contribution in [1.29, 1.82) is 0 Å². The van der Waals surface area contributed by atoms with Gasteiger partial charge in [-0.2, -0.15) is 0 Å². The van der Waals surface area contributed by atoms with Gasteiger partial charge in [-0.1, -0.05) is 0 Å². The molecule has 6 nitrogen and oxygen atoms in total. The highest BCUT2D eigenvalue weighted by Crippen LogP contribution is 2.19. The number of carboxylic acids is 1. The molecule has 2 rings (SSSR count). The van der Waals surface area contributed by atoms with E-state index in [0.29, 0.717) is 29.6 Å². The number of aromatic carboxylic acids is 1. The van der Waals surface area contributed by atoms with Crippen LogP contribution < -0.4 is 5.32 Å². The van der Waals surface area contributed by atoms with Crippen molar-refractivity contribution >= 4 is 23.2 Å². The molecule has 110 valence electrons. The van der Waals surface area contributed by atoms with Gasteiger partial charge in [0.05, 0.1) is 12.2 Å². The number of ether oxygens (including phenoxy) is 1. The minimum atomic E-state index is -0.972. The topological polar surface area (TPSA) is 88.5 Å². The van der Waals surface area contributed by atoms with Gasteiger partial charge in [-0.05, 0) is 25.7 Å². The molecule has 1 aliphatic rings. The summed E-state index contributed by atoms with van der Waals surface area (Å²) in [6.07, 6.45) is 2.35. The van der Waals surface area contributed by atoms with E-state index in [1.54, 1.807) is 6.92 Å². The van der Waals surface area contributed by atoms with Gasteiger partial charge in [0.2, 0.25) is 5.91 Å². The van der Waals surface area contributed by atoms with Crippen LogP contribution in [0, 0.1) is 12.8 Å². The van der Waals surface area contributed by atoms with E-state index in [0.717, 1.165) is 37.4 Å². The van der Waals surface area contributed by atoms with Gasteiger partial charge in [0.15, 0.2) is 0 Å². The summed E-state index contributed by atoms with van der Waals surface area (Å²) in [6, 6.07) is 0. The van der Waals surface area contributed by atoms with Crippen LogP contribution in [0.4, 0.5) is 0 Å². The van der Waals surface area contributed by atoms with E-state index in [9.17, 15) is 9.59 Å². The van der Waals surface area contributed by atoms with Crippen LogP contribution in [-0.2, 0) is 16.1 Å². The van der Waals surface area contributed by atoms with Gasteiger partial charge in [0.1, 0.15) is 9.88 Å². The molecule has 1 fully saturated rings. The molecule has 0 aromatic carbocycles. The molecule has 20 heavy (non-hydrogen) atoms. The van der Waals surface area contributed by atoms with Gasteiger partial charge in [-0.15, -0.1) is 11.3 Å². The summed E-state index contributed by atoms with van der Waals surface area (Å²) in [4.78, 5) is 27.1. The summed E-state index contributed by atoms with van der Waals surface area (Å²) in [5.74, 6) is -0.599. The van der Waals surface area contributed by atoms with Crippen LogP contribution >= 0.6 is 11.3 Å². The maximum absolute atomic E-state index is 11.8. The zero-order valence-corrected chi connectivity index (χ0v) is 12.2. The molecule has 0 atom stereocenters. The molecule has 1 amide bonds. The molecule has 7 heteroatoms. The Morgan fingerprint density at radius 2 is 2.15 bits per heavy atom. The first-order chi connectivity index (χ1) is 9.56. The number of nitrogens with one attached hydrogen (secondary N) is 1. The fourth-order valence-electron chi connectivity index (χ4n) is 2.19. The van der Waals surface area contributed by atoms with E-state index in [1.807, 2.05) is 0 Å². The first-order valence-corrected chi connectivity index (χ1v) is 7.42. The van der Waals surface area contributed by atoms with E-state index in [2.05, 4.69) is 10.3 Å². The number of carbonyl (C=O) groups is 2. The standard InChI is InChI=1S/C13H18N2O4S/c1-8-12(13(17)18)20-11(15-8)7-14-10(16)6-9-2-4-19-5-3-9/h9H,2-7H2,1H3,(H,14,16)(H,17,18). The monoisotopic (exact) mass is 298 g/mol. The number of rotatable bonds is 5. The van der Waals surface area contributed by atoms with Crippen LogP contribution in [0.3, 0.4) is 0 Å². The lowest BCUT2D eigenvalue weighted by Crippen LogP contribution is -2.27. The Kier molecular flexibility index (Phi) is 5.08. The van der Waals surface area contributed by atoms with Crippen LogP contribution in [0.1, 0.15) is 39.6 Å². The molecule has 0 bridgehead atoms. The zero-order valence-electron chi connectivity index (χ0n) is 11.3. The second-order valence-corrected chi connectivity index (χ2v) is 5.95. The van der Waals surface area contributed by atoms with Gasteiger partial charge in [0.25, 0.3) is 0 Å². The van der Waals surface area contributed by atoms with Crippen molar-refractivity contribution in [3.8, 4) is 0 Å². The summed E-state index contributed by atoms with van der Waals surface area (Å²) in [5.41, 5.74) is 0.496. The molecule has 0 aliphatic carbocycles. The molecule has 2 N–H and O–H groups in total. The lowest BCUT2D eigenvalue weighted by molar-refractivity contribution is -0.122. The van der Waals surface area contributed by atoms with Gasteiger partial charge in [-0.25, -0.2) is 9.78 Å². The minimum absolute atomic E-state index is 0.0124. The number of aryl methyl sites for hydroxylation is 1. The fourth-order valence-corrected chi connectivity index (χ4v) is 3.03. The van der Waals surface area contributed by atoms with Crippen molar-refractivity contribution in [3.05, 3.63) is 15.6 Å². The van der Waals surface area contributed by atoms with Crippen molar-refractivity contribution < 1.29 is 19.4 Å². The smallest absolute Gasteiger partial charge is 0.347 e.